The molecule has 0 bridgehead atoms. The summed E-state index contributed by atoms with van der Waals surface area (Å²) in [6, 6.07) is 11.0. The Kier molecular flexibility index (Phi) is 4.85. The van der Waals surface area contributed by atoms with E-state index in [1.165, 1.54) is 18.2 Å². The molecule has 0 aliphatic carbocycles. The molecule has 0 spiro atoms. The highest BCUT2D eigenvalue weighted by molar-refractivity contribution is 6.32. The second-order valence-electron chi connectivity index (χ2n) is 5.41. The Morgan fingerprint density at radius 3 is 2.76 bits per heavy atom. The molecule has 0 fully saturated rings. The van der Waals surface area contributed by atoms with Gasteiger partial charge in [0.05, 0.1) is 10.9 Å². The third-order valence-electron chi connectivity index (χ3n) is 3.73. The highest BCUT2D eigenvalue weighted by atomic mass is 35.5. The molecule has 1 atom stereocenters. The van der Waals surface area contributed by atoms with Gasteiger partial charge >= 0.3 is 6.61 Å². The first-order valence-electron chi connectivity index (χ1n) is 7.38. The van der Waals surface area contributed by atoms with Crippen molar-refractivity contribution in [2.24, 2.45) is 0 Å². The van der Waals surface area contributed by atoms with Gasteiger partial charge in [0.15, 0.2) is 0 Å². The summed E-state index contributed by atoms with van der Waals surface area (Å²) >= 11 is 5.87. The Morgan fingerprint density at radius 1 is 1.28 bits per heavy atom. The molecule has 2 aromatic rings. The number of halogens is 3. The predicted octanol–water partition coefficient (Wildman–Crippen LogP) is 4.01. The van der Waals surface area contributed by atoms with Gasteiger partial charge in [-0.3, -0.25) is 9.59 Å². The largest absolute Gasteiger partial charge is 0.433 e. The summed E-state index contributed by atoms with van der Waals surface area (Å²) in [5.41, 5.74) is 1.63. The number of rotatable bonds is 4. The summed E-state index contributed by atoms with van der Waals surface area (Å²) in [7, 11) is 0. The molecule has 0 radical (unpaired) electrons. The van der Waals surface area contributed by atoms with Crippen molar-refractivity contribution in [2.75, 3.05) is 10.6 Å². The summed E-state index contributed by atoms with van der Waals surface area (Å²) in [6.07, 6.45) is 0.0170. The zero-order valence-electron chi connectivity index (χ0n) is 12.8. The van der Waals surface area contributed by atoms with Gasteiger partial charge in [-0.05, 0) is 29.8 Å². The van der Waals surface area contributed by atoms with E-state index in [0.717, 1.165) is 0 Å². The fourth-order valence-electron chi connectivity index (χ4n) is 2.64. The standard InChI is InChI=1S/C17H13ClF2N2O3/c18-12-7-9(5-6-14(12)25-17(19)20)21-16(24)11-8-15(23)22-13-4-2-1-3-10(11)13/h1-7,11,17H,8H2,(H,21,24)(H,22,23). The van der Waals surface area contributed by atoms with Crippen LogP contribution in [0.25, 0.3) is 0 Å². The molecule has 0 saturated carbocycles. The Hall–Kier alpha value is -2.67. The van der Waals surface area contributed by atoms with E-state index >= 15 is 0 Å². The van der Waals surface area contributed by atoms with E-state index in [1.54, 1.807) is 24.3 Å². The zero-order valence-corrected chi connectivity index (χ0v) is 13.5. The molecule has 3 rings (SSSR count). The quantitative estimate of drug-likeness (QED) is 0.859. The number of ether oxygens (including phenoxy) is 1. The predicted molar refractivity (Wildman–Crippen MR) is 89.1 cm³/mol. The molecule has 1 heterocycles. The van der Waals surface area contributed by atoms with Gasteiger partial charge in [-0.1, -0.05) is 29.8 Å². The Morgan fingerprint density at radius 2 is 2.04 bits per heavy atom. The number of anilines is 2. The maximum atomic E-state index is 12.6. The van der Waals surface area contributed by atoms with Crippen molar-refractivity contribution in [3.63, 3.8) is 0 Å². The maximum Gasteiger partial charge on any atom is 0.387 e. The van der Waals surface area contributed by atoms with Gasteiger partial charge in [0.25, 0.3) is 0 Å². The van der Waals surface area contributed by atoms with Crippen LogP contribution in [-0.2, 0) is 9.59 Å². The van der Waals surface area contributed by atoms with E-state index < -0.39 is 12.5 Å². The minimum Gasteiger partial charge on any atom is -0.433 e. The van der Waals surface area contributed by atoms with E-state index in [2.05, 4.69) is 15.4 Å². The molecule has 8 heteroatoms. The number of carbonyl (C=O) groups excluding carboxylic acids is 2. The number of para-hydroxylation sites is 1. The third-order valence-corrected chi connectivity index (χ3v) is 4.03. The second kappa shape index (κ2) is 7.06. The summed E-state index contributed by atoms with van der Waals surface area (Å²) in [5, 5.41) is 5.31. The SMILES string of the molecule is O=C1CC(C(=O)Nc2ccc(OC(F)F)c(Cl)c2)c2ccccc2N1. The molecule has 1 aliphatic heterocycles. The van der Waals surface area contributed by atoms with Crippen LogP contribution in [0.1, 0.15) is 17.9 Å². The maximum absolute atomic E-state index is 12.6. The van der Waals surface area contributed by atoms with Crippen LogP contribution in [0.3, 0.4) is 0 Å². The average Bonchev–Trinajstić information content (AvgIpc) is 2.56. The Labute approximate surface area is 146 Å². The van der Waals surface area contributed by atoms with Crippen molar-refractivity contribution >= 4 is 34.8 Å². The molecule has 25 heavy (non-hydrogen) atoms. The van der Waals surface area contributed by atoms with E-state index in [9.17, 15) is 18.4 Å². The zero-order chi connectivity index (χ0) is 18.0. The molecule has 5 nitrogen and oxygen atoms in total. The molecule has 2 aromatic carbocycles. The van der Waals surface area contributed by atoms with Crippen LogP contribution in [0.5, 0.6) is 5.75 Å². The number of alkyl halides is 2. The van der Waals surface area contributed by atoms with Crippen molar-refractivity contribution in [1.29, 1.82) is 0 Å². The minimum atomic E-state index is -2.99. The molecule has 130 valence electrons. The lowest BCUT2D eigenvalue weighted by molar-refractivity contribution is -0.123. The van der Waals surface area contributed by atoms with Gasteiger partial charge in [0.2, 0.25) is 11.8 Å². The summed E-state index contributed by atoms with van der Waals surface area (Å²) in [4.78, 5) is 24.4. The fourth-order valence-corrected chi connectivity index (χ4v) is 2.87. The van der Waals surface area contributed by atoms with Crippen molar-refractivity contribution in [3.05, 3.63) is 53.1 Å². The van der Waals surface area contributed by atoms with Crippen molar-refractivity contribution < 1.29 is 23.1 Å². The average molecular weight is 367 g/mol. The fraction of sp³-hybridized carbons (Fsp3) is 0.176. The molecule has 2 N–H and O–H groups in total. The highest BCUT2D eigenvalue weighted by Crippen LogP contribution is 2.34. The molecule has 0 aromatic heterocycles. The van der Waals surface area contributed by atoms with Gasteiger partial charge < -0.3 is 15.4 Å². The van der Waals surface area contributed by atoms with Crippen LogP contribution in [0.2, 0.25) is 5.02 Å². The highest BCUT2D eigenvalue weighted by Gasteiger charge is 2.30. The van der Waals surface area contributed by atoms with Gasteiger partial charge in [-0.2, -0.15) is 8.78 Å². The van der Waals surface area contributed by atoms with Crippen LogP contribution >= 0.6 is 11.6 Å². The van der Waals surface area contributed by atoms with Crippen LogP contribution in [0, 0.1) is 0 Å². The van der Waals surface area contributed by atoms with Crippen LogP contribution in [-0.4, -0.2) is 18.4 Å². The number of nitrogens with one attached hydrogen (secondary N) is 2. The number of hydrogen-bond acceptors (Lipinski definition) is 3. The van der Waals surface area contributed by atoms with Crippen LogP contribution in [0.4, 0.5) is 20.2 Å². The van der Waals surface area contributed by atoms with Gasteiger partial charge in [-0.25, -0.2) is 0 Å². The van der Waals surface area contributed by atoms with E-state index in [1.807, 2.05) is 0 Å². The topological polar surface area (TPSA) is 67.4 Å². The molecule has 0 saturated heterocycles. The lowest BCUT2D eigenvalue weighted by Gasteiger charge is -2.24. The molecule has 1 aliphatic rings. The van der Waals surface area contributed by atoms with Crippen molar-refractivity contribution in [1.82, 2.24) is 0 Å². The van der Waals surface area contributed by atoms with Crippen LogP contribution < -0.4 is 15.4 Å². The van der Waals surface area contributed by atoms with Gasteiger partial charge in [0.1, 0.15) is 5.75 Å². The summed E-state index contributed by atoms with van der Waals surface area (Å²) < 4.78 is 28.7. The Balaban J connectivity index is 1.79. The van der Waals surface area contributed by atoms with Gasteiger partial charge in [0, 0.05) is 17.8 Å². The lowest BCUT2D eigenvalue weighted by Crippen LogP contribution is -2.30. The van der Waals surface area contributed by atoms with Crippen molar-refractivity contribution in [3.8, 4) is 5.75 Å². The molecule has 2 amide bonds. The van der Waals surface area contributed by atoms with E-state index in [-0.39, 0.29) is 29.0 Å². The van der Waals surface area contributed by atoms with Crippen molar-refractivity contribution in [2.45, 2.75) is 19.0 Å². The third kappa shape index (κ3) is 3.88. The lowest BCUT2D eigenvalue weighted by atomic mass is 9.90. The number of amides is 2. The number of hydrogen-bond donors (Lipinski definition) is 2. The first kappa shape index (κ1) is 17.2. The second-order valence-corrected chi connectivity index (χ2v) is 5.81. The summed E-state index contributed by atoms with van der Waals surface area (Å²) in [5.74, 6) is -1.48. The van der Waals surface area contributed by atoms with E-state index in [0.29, 0.717) is 16.9 Å². The van der Waals surface area contributed by atoms with E-state index in [4.69, 9.17) is 11.6 Å². The molecular weight excluding hydrogens is 354 g/mol. The Bertz CT molecular complexity index is 829. The normalized spacial score (nSPS) is 16.2. The van der Waals surface area contributed by atoms with Crippen LogP contribution in [0.15, 0.2) is 42.5 Å². The number of benzene rings is 2. The molecule has 1 unspecified atom stereocenters. The van der Waals surface area contributed by atoms with Gasteiger partial charge in [-0.15, -0.1) is 0 Å². The molecular formula is C17H13ClF2N2O3. The minimum absolute atomic E-state index is 0.0170. The first-order chi connectivity index (χ1) is 11.9. The smallest absolute Gasteiger partial charge is 0.387 e. The number of fused-ring (bicyclic) bond motifs is 1. The monoisotopic (exact) mass is 366 g/mol. The summed E-state index contributed by atoms with van der Waals surface area (Å²) in [6.45, 7) is -2.99. The first-order valence-corrected chi connectivity index (χ1v) is 7.76. The number of carbonyl (C=O) groups is 2.